The summed E-state index contributed by atoms with van der Waals surface area (Å²) in [4.78, 5) is 12.0. The van der Waals surface area contributed by atoms with E-state index in [1.54, 1.807) is 7.11 Å². The fourth-order valence-electron chi connectivity index (χ4n) is 4.28. The van der Waals surface area contributed by atoms with Crippen LogP contribution in [0.25, 0.3) is 0 Å². The van der Waals surface area contributed by atoms with E-state index in [1.165, 1.54) is 12.8 Å². The van der Waals surface area contributed by atoms with Crippen molar-refractivity contribution in [1.29, 1.82) is 0 Å². The molecule has 0 bridgehead atoms. The maximum atomic E-state index is 12.0. The van der Waals surface area contributed by atoms with Crippen LogP contribution in [0.5, 0.6) is 0 Å². The zero-order chi connectivity index (χ0) is 11.8. The van der Waals surface area contributed by atoms with E-state index in [0.717, 1.165) is 25.9 Å². The predicted octanol–water partition coefficient (Wildman–Crippen LogP) is 3.05. The maximum Gasteiger partial charge on any atom is 0.136 e. The number of Topliss-reactive ketones (excluding diaryl/α,β-unsaturated/α-hetero) is 1. The molecule has 0 amide bonds. The van der Waals surface area contributed by atoms with Gasteiger partial charge in [0.05, 0.1) is 0 Å². The first-order chi connectivity index (χ1) is 7.59. The number of methoxy groups -OCH3 is 1. The number of fused-ring (bicyclic) bond motifs is 1. The van der Waals surface area contributed by atoms with Crippen LogP contribution in [0.1, 0.15) is 46.0 Å². The van der Waals surface area contributed by atoms with Crippen molar-refractivity contribution >= 4 is 5.78 Å². The van der Waals surface area contributed by atoms with Crippen LogP contribution in [-0.2, 0) is 9.53 Å². The Bertz CT molecular complexity index is 274. The van der Waals surface area contributed by atoms with Crippen molar-refractivity contribution in [1.82, 2.24) is 0 Å². The van der Waals surface area contributed by atoms with Crippen LogP contribution < -0.4 is 0 Å². The van der Waals surface area contributed by atoms with Crippen LogP contribution in [0.15, 0.2) is 0 Å². The molecule has 0 heterocycles. The third kappa shape index (κ3) is 1.81. The lowest BCUT2D eigenvalue weighted by Crippen LogP contribution is -2.40. The van der Waals surface area contributed by atoms with E-state index in [-0.39, 0.29) is 5.41 Å². The Kier molecular flexibility index (Phi) is 3.39. The Morgan fingerprint density at radius 1 is 1.50 bits per heavy atom. The van der Waals surface area contributed by atoms with Crippen molar-refractivity contribution in [2.24, 2.45) is 23.2 Å². The van der Waals surface area contributed by atoms with Crippen LogP contribution in [-0.4, -0.2) is 19.5 Å². The average molecular weight is 224 g/mol. The first-order valence-electron chi connectivity index (χ1n) is 6.61. The molecule has 1 unspecified atom stereocenters. The minimum absolute atomic E-state index is 0.271. The summed E-state index contributed by atoms with van der Waals surface area (Å²) in [5.74, 6) is 2.15. The monoisotopic (exact) mass is 224 g/mol. The first kappa shape index (κ1) is 12.1. The number of ether oxygens (including phenoxy) is 1. The van der Waals surface area contributed by atoms with Gasteiger partial charge in [-0.1, -0.05) is 13.8 Å². The highest BCUT2D eigenvalue weighted by Gasteiger charge is 2.52. The van der Waals surface area contributed by atoms with E-state index < -0.39 is 0 Å². The molecule has 2 fully saturated rings. The molecule has 0 aliphatic heterocycles. The molecule has 0 aromatic rings. The molecule has 0 N–H and O–H groups in total. The fourth-order valence-corrected chi connectivity index (χ4v) is 4.28. The van der Waals surface area contributed by atoms with Crippen LogP contribution in [0.2, 0.25) is 0 Å². The molecule has 2 rings (SSSR count). The number of rotatable bonds is 3. The Labute approximate surface area is 98.7 Å². The van der Waals surface area contributed by atoms with Crippen LogP contribution in [0, 0.1) is 23.2 Å². The zero-order valence-corrected chi connectivity index (χ0v) is 10.8. The van der Waals surface area contributed by atoms with Gasteiger partial charge in [-0.25, -0.2) is 0 Å². The van der Waals surface area contributed by atoms with Gasteiger partial charge in [-0.05, 0) is 42.9 Å². The van der Waals surface area contributed by atoms with Gasteiger partial charge in [0.15, 0.2) is 0 Å². The lowest BCUT2D eigenvalue weighted by Gasteiger charge is -2.42. The summed E-state index contributed by atoms with van der Waals surface area (Å²) in [6.45, 7) is 5.46. The fraction of sp³-hybridized carbons (Fsp3) is 0.929. The highest BCUT2D eigenvalue weighted by molar-refractivity contribution is 5.83. The standard InChI is InChI=1S/C14H24O2/c1-10(9-16-3)11-6-7-12-13(15)5-4-8-14(11,12)2/h10-12H,4-9H2,1-3H3/t10-,11?,12+,14-/m1/s1. The lowest BCUT2D eigenvalue weighted by atomic mass is 9.62. The van der Waals surface area contributed by atoms with E-state index in [9.17, 15) is 4.79 Å². The van der Waals surface area contributed by atoms with Crippen molar-refractivity contribution in [2.45, 2.75) is 46.0 Å². The Morgan fingerprint density at radius 3 is 2.94 bits per heavy atom. The highest BCUT2D eigenvalue weighted by atomic mass is 16.5. The molecule has 0 spiro atoms. The molecular formula is C14H24O2. The normalized spacial score (nSPS) is 40.8. The second kappa shape index (κ2) is 4.48. The molecule has 4 atom stereocenters. The molecule has 2 aliphatic rings. The van der Waals surface area contributed by atoms with Crippen molar-refractivity contribution in [3.05, 3.63) is 0 Å². The van der Waals surface area contributed by atoms with E-state index in [1.807, 2.05) is 0 Å². The number of carbonyl (C=O) groups is 1. The second-order valence-corrected chi connectivity index (χ2v) is 5.99. The smallest absolute Gasteiger partial charge is 0.136 e. The molecule has 2 heteroatoms. The third-order valence-corrected chi connectivity index (χ3v) is 5.05. The summed E-state index contributed by atoms with van der Waals surface area (Å²) in [6, 6.07) is 0. The first-order valence-corrected chi connectivity index (χ1v) is 6.61. The molecule has 2 saturated carbocycles. The summed E-state index contributed by atoms with van der Waals surface area (Å²) < 4.78 is 5.28. The van der Waals surface area contributed by atoms with Crippen LogP contribution in [0.4, 0.5) is 0 Å². The third-order valence-electron chi connectivity index (χ3n) is 5.05. The largest absolute Gasteiger partial charge is 0.384 e. The lowest BCUT2D eigenvalue weighted by molar-refractivity contribution is -0.130. The summed E-state index contributed by atoms with van der Waals surface area (Å²) in [6.07, 6.45) is 5.50. The molecular weight excluding hydrogens is 200 g/mol. The second-order valence-electron chi connectivity index (χ2n) is 5.99. The van der Waals surface area contributed by atoms with Gasteiger partial charge in [0, 0.05) is 26.1 Å². The van der Waals surface area contributed by atoms with E-state index in [2.05, 4.69) is 13.8 Å². The summed E-state index contributed by atoms with van der Waals surface area (Å²) >= 11 is 0. The van der Waals surface area contributed by atoms with E-state index >= 15 is 0 Å². The van der Waals surface area contributed by atoms with Crippen molar-refractivity contribution in [3.63, 3.8) is 0 Å². The molecule has 0 aromatic carbocycles. The molecule has 2 aliphatic carbocycles. The topological polar surface area (TPSA) is 26.3 Å². The molecule has 0 aromatic heterocycles. The zero-order valence-electron chi connectivity index (χ0n) is 10.8. The Balaban J connectivity index is 2.14. The molecule has 16 heavy (non-hydrogen) atoms. The number of hydrogen-bond acceptors (Lipinski definition) is 2. The minimum atomic E-state index is 0.271. The minimum Gasteiger partial charge on any atom is -0.384 e. The number of carbonyl (C=O) groups excluding carboxylic acids is 1. The van der Waals surface area contributed by atoms with Gasteiger partial charge in [0.2, 0.25) is 0 Å². The van der Waals surface area contributed by atoms with E-state index in [0.29, 0.717) is 23.5 Å². The molecule has 0 radical (unpaired) electrons. The maximum absolute atomic E-state index is 12.0. The Hall–Kier alpha value is -0.370. The van der Waals surface area contributed by atoms with Crippen LogP contribution in [0.3, 0.4) is 0 Å². The Morgan fingerprint density at radius 2 is 2.25 bits per heavy atom. The quantitative estimate of drug-likeness (QED) is 0.736. The van der Waals surface area contributed by atoms with Gasteiger partial charge < -0.3 is 4.74 Å². The van der Waals surface area contributed by atoms with Gasteiger partial charge in [-0.15, -0.1) is 0 Å². The molecule has 2 nitrogen and oxygen atoms in total. The average Bonchev–Trinajstić information content (AvgIpc) is 2.57. The van der Waals surface area contributed by atoms with Crippen molar-refractivity contribution in [2.75, 3.05) is 13.7 Å². The van der Waals surface area contributed by atoms with Gasteiger partial charge in [-0.2, -0.15) is 0 Å². The van der Waals surface area contributed by atoms with Crippen molar-refractivity contribution < 1.29 is 9.53 Å². The number of ketones is 1. The summed E-state index contributed by atoms with van der Waals surface area (Å²) in [7, 11) is 1.78. The molecule has 92 valence electrons. The van der Waals surface area contributed by atoms with E-state index in [4.69, 9.17) is 4.74 Å². The van der Waals surface area contributed by atoms with Gasteiger partial charge in [0.1, 0.15) is 5.78 Å². The van der Waals surface area contributed by atoms with Gasteiger partial charge in [-0.3, -0.25) is 4.79 Å². The number of hydrogen-bond donors (Lipinski definition) is 0. The highest BCUT2D eigenvalue weighted by Crippen LogP contribution is 2.56. The predicted molar refractivity (Wildman–Crippen MR) is 64.2 cm³/mol. The van der Waals surface area contributed by atoms with Gasteiger partial charge in [0.25, 0.3) is 0 Å². The summed E-state index contributed by atoms with van der Waals surface area (Å²) in [5, 5.41) is 0. The molecule has 0 saturated heterocycles. The SMILES string of the molecule is COC[C@@H](C)C1CC[C@H]2C(=O)CCC[C@]12C. The van der Waals surface area contributed by atoms with Crippen LogP contribution >= 0.6 is 0 Å². The van der Waals surface area contributed by atoms with Gasteiger partial charge >= 0.3 is 0 Å². The van der Waals surface area contributed by atoms with Crippen molar-refractivity contribution in [3.8, 4) is 0 Å². The summed E-state index contributed by atoms with van der Waals surface area (Å²) in [5.41, 5.74) is 0.271.